The minimum atomic E-state index is -4.35. The first kappa shape index (κ1) is 15.0. The van der Waals surface area contributed by atoms with E-state index < -0.39 is 25.6 Å². The highest BCUT2D eigenvalue weighted by molar-refractivity contribution is 7.87. The lowest BCUT2D eigenvalue weighted by molar-refractivity contribution is -0.387. The van der Waals surface area contributed by atoms with E-state index in [9.17, 15) is 18.5 Å². The van der Waals surface area contributed by atoms with Gasteiger partial charge in [-0.2, -0.15) is 8.42 Å². The lowest BCUT2D eigenvalue weighted by Crippen LogP contribution is -2.11. The molecule has 118 valence electrons. The normalized spacial score (nSPS) is 11.5. The molecule has 0 fully saturated rings. The number of rotatable bonds is 4. The van der Waals surface area contributed by atoms with Gasteiger partial charge in [-0.25, -0.2) is 4.98 Å². The summed E-state index contributed by atoms with van der Waals surface area (Å²) in [5.74, 6) is 0.419. The maximum absolute atomic E-state index is 12.3. The van der Waals surface area contributed by atoms with Crippen LogP contribution in [0.2, 0.25) is 0 Å². The average Bonchev–Trinajstić information content (AvgIpc) is 2.86. The number of benzene rings is 2. The molecular formula is C14H10N2O6S. The first-order valence-corrected chi connectivity index (χ1v) is 7.83. The number of nitro benzene ring substituents is 1. The summed E-state index contributed by atoms with van der Waals surface area (Å²) < 4.78 is 34.9. The minimum Gasteiger partial charge on any atom is -0.441 e. The monoisotopic (exact) mass is 334 g/mol. The highest BCUT2D eigenvalue weighted by atomic mass is 32.2. The van der Waals surface area contributed by atoms with E-state index in [-0.39, 0.29) is 5.75 Å². The van der Waals surface area contributed by atoms with E-state index in [1.165, 1.54) is 30.3 Å². The fourth-order valence-corrected chi connectivity index (χ4v) is 3.16. The van der Waals surface area contributed by atoms with Crippen LogP contribution in [-0.2, 0) is 10.1 Å². The first-order chi connectivity index (χ1) is 10.9. The Labute approximate surface area is 130 Å². The number of nitro groups is 1. The molecule has 0 N–H and O–H groups in total. The molecule has 0 radical (unpaired) electrons. The van der Waals surface area contributed by atoms with Gasteiger partial charge in [0.25, 0.3) is 5.69 Å². The quantitative estimate of drug-likeness (QED) is 0.409. The maximum Gasteiger partial charge on any atom is 0.346 e. The molecule has 0 saturated carbocycles. The Hall–Kier alpha value is -2.94. The van der Waals surface area contributed by atoms with Crippen LogP contribution in [0.3, 0.4) is 0 Å². The first-order valence-electron chi connectivity index (χ1n) is 6.42. The molecular weight excluding hydrogens is 324 g/mol. The Morgan fingerprint density at radius 3 is 2.70 bits per heavy atom. The van der Waals surface area contributed by atoms with Crippen LogP contribution in [-0.4, -0.2) is 18.3 Å². The fraction of sp³-hybridized carbons (Fsp3) is 0.0714. The second-order valence-electron chi connectivity index (χ2n) is 4.62. The van der Waals surface area contributed by atoms with Crippen molar-refractivity contribution in [1.82, 2.24) is 4.98 Å². The number of hydrogen-bond donors (Lipinski definition) is 0. The van der Waals surface area contributed by atoms with E-state index in [2.05, 4.69) is 4.98 Å². The number of fused-ring (bicyclic) bond motifs is 1. The molecule has 0 bridgehead atoms. The molecule has 3 aromatic rings. The lowest BCUT2D eigenvalue weighted by Gasteiger charge is -2.07. The van der Waals surface area contributed by atoms with Gasteiger partial charge in [0.05, 0.1) is 4.92 Å². The predicted octanol–water partition coefficient (Wildman–Crippen LogP) is 2.81. The summed E-state index contributed by atoms with van der Waals surface area (Å²) >= 11 is 0. The second kappa shape index (κ2) is 5.36. The van der Waals surface area contributed by atoms with Gasteiger partial charge in [0.15, 0.2) is 16.4 Å². The molecule has 0 amide bonds. The predicted molar refractivity (Wildman–Crippen MR) is 79.7 cm³/mol. The smallest absolute Gasteiger partial charge is 0.346 e. The second-order valence-corrected chi connectivity index (χ2v) is 6.14. The molecule has 23 heavy (non-hydrogen) atoms. The molecule has 2 aromatic carbocycles. The van der Waals surface area contributed by atoms with Crippen molar-refractivity contribution in [1.29, 1.82) is 0 Å². The highest BCUT2D eigenvalue weighted by Gasteiger charge is 2.27. The van der Waals surface area contributed by atoms with Gasteiger partial charge in [0, 0.05) is 19.1 Å². The van der Waals surface area contributed by atoms with E-state index in [1.807, 2.05) is 0 Å². The van der Waals surface area contributed by atoms with Crippen LogP contribution in [0.1, 0.15) is 5.89 Å². The number of nitrogens with zero attached hydrogens (tertiary/aromatic N) is 2. The van der Waals surface area contributed by atoms with Gasteiger partial charge in [0.2, 0.25) is 0 Å². The molecule has 0 spiro atoms. The summed E-state index contributed by atoms with van der Waals surface area (Å²) in [6, 6.07) is 9.26. The average molecular weight is 334 g/mol. The molecule has 0 aliphatic rings. The lowest BCUT2D eigenvalue weighted by atomic mass is 10.3. The Balaban J connectivity index is 2.01. The van der Waals surface area contributed by atoms with Crippen molar-refractivity contribution >= 4 is 26.9 Å². The van der Waals surface area contributed by atoms with Crippen molar-refractivity contribution in [2.75, 3.05) is 0 Å². The number of aromatic nitrogens is 1. The van der Waals surface area contributed by atoms with Crippen molar-refractivity contribution in [2.24, 2.45) is 0 Å². The van der Waals surface area contributed by atoms with E-state index in [1.54, 1.807) is 6.92 Å². The van der Waals surface area contributed by atoms with Gasteiger partial charge in [-0.15, -0.1) is 0 Å². The van der Waals surface area contributed by atoms with E-state index in [4.69, 9.17) is 8.60 Å². The van der Waals surface area contributed by atoms with Crippen LogP contribution < -0.4 is 4.18 Å². The summed E-state index contributed by atoms with van der Waals surface area (Å²) in [6.45, 7) is 1.66. The summed E-state index contributed by atoms with van der Waals surface area (Å²) in [7, 11) is -4.35. The zero-order valence-corrected chi connectivity index (χ0v) is 12.6. The van der Waals surface area contributed by atoms with Crippen LogP contribution in [0.5, 0.6) is 5.75 Å². The van der Waals surface area contributed by atoms with Gasteiger partial charge in [-0.1, -0.05) is 12.1 Å². The van der Waals surface area contributed by atoms with Gasteiger partial charge in [-0.3, -0.25) is 10.1 Å². The summed E-state index contributed by atoms with van der Waals surface area (Å²) in [6.07, 6.45) is 0. The van der Waals surface area contributed by atoms with E-state index >= 15 is 0 Å². The van der Waals surface area contributed by atoms with Crippen LogP contribution in [0, 0.1) is 17.0 Å². The third kappa shape index (κ3) is 2.86. The molecule has 0 saturated heterocycles. The highest BCUT2D eigenvalue weighted by Crippen LogP contribution is 2.28. The van der Waals surface area contributed by atoms with Crippen LogP contribution >= 0.6 is 0 Å². The zero-order chi connectivity index (χ0) is 16.6. The Bertz CT molecular complexity index is 1010. The summed E-state index contributed by atoms with van der Waals surface area (Å²) in [5, 5.41) is 11.0. The number of aryl methyl sites for hydroxylation is 1. The van der Waals surface area contributed by atoms with Crippen LogP contribution in [0.4, 0.5) is 5.69 Å². The summed E-state index contributed by atoms with van der Waals surface area (Å²) in [4.78, 5) is 13.7. The molecule has 8 nitrogen and oxygen atoms in total. The van der Waals surface area contributed by atoms with Crippen molar-refractivity contribution in [3.63, 3.8) is 0 Å². The molecule has 1 aromatic heterocycles. The van der Waals surface area contributed by atoms with Crippen LogP contribution in [0.15, 0.2) is 51.8 Å². The minimum absolute atomic E-state index is 0.0102. The largest absolute Gasteiger partial charge is 0.441 e. The SMILES string of the molecule is Cc1nc2cc(OS(=O)(=O)c3ccccc3[N+](=O)[O-])ccc2o1. The van der Waals surface area contributed by atoms with Gasteiger partial charge in [0.1, 0.15) is 11.3 Å². The summed E-state index contributed by atoms with van der Waals surface area (Å²) in [5.41, 5.74) is 0.363. The van der Waals surface area contributed by atoms with E-state index in [0.29, 0.717) is 17.0 Å². The molecule has 1 heterocycles. The van der Waals surface area contributed by atoms with Crippen molar-refractivity contribution < 1.29 is 21.9 Å². The van der Waals surface area contributed by atoms with Crippen molar-refractivity contribution in [3.8, 4) is 5.75 Å². The van der Waals surface area contributed by atoms with Gasteiger partial charge >= 0.3 is 10.1 Å². The third-order valence-corrected chi connectivity index (χ3v) is 4.30. The van der Waals surface area contributed by atoms with Gasteiger partial charge in [-0.05, 0) is 18.2 Å². The maximum atomic E-state index is 12.3. The van der Waals surface area contributed by atoms with Gasteiger partial charge < -0.3 is 8.60 Å². The molecule has 3 rings (SSSR count). The van der Waals surface area contributed by atoms with E-state index in [0.717, 1.165) is 12.1 Å². The van der Waals surface area contributed by atoms with Crippen LogP contribution in [0.25, 0.3) is 11.1 Å². The topological polar surface area (TPSA) is 113 Å². The zero-order valence-electron chi connectivity index (χ0n) is 11.8. The number of hydrogen-bond acceptors (Lipinski definition) is 7. The molecule has 0 aliphatic carbocycles. The Morgan fingerprint density at radius 2 is 1.96 bits per heavy atom. The number of oxazole rings is 1. The molecule has 9 heteroatoms. The van der Waals surface area contributed by atoms with Crippen molar-refractivity contribution in [2.45, 2.75) is 11.8 Å². The Morgan fingerprint density at radius 1 is 1.22 bits per heavy atom. The molecule has 0 unspecified atom stereocenters. The molecule has 0 atom stereocenters. The number of para-hydroxylation sites is 1. The standard InChI is InChI=1S/C14H10N2O6S/c1-9-15-11-8-10(6-7-13(11)21-9)22-23(19,20)14-5-3-2-4-12(14)16(17)18/h2-8H,1H3. The Kier molecular flexibility index (Phi) is 3.49. The molecule has 0 aliphatic heterocycles. The fourth-order valence-electron chi connectivity index (χ4n) is 2.07. The van der Waals surface area contributed by atoms with Crippen molar-refractivity contribution in [3.05, 3.63) is 58.5 Å². The third-order valence-electron chi connectivity index (χ3n) is 3.00.